The predicted octanol–water partition coefficient (Wildman–Crippen LogP) is 2.60. The number of aliphatic hydroxyl groups is 1. The maximum atomic E-state index is 10.0. The minimum atomic E-state index is 0.231. The summed E-state index contributed by atoms with van der Waals surface area (Å²) in [5, 5.41) is 10.0. The van der Waals surface area contributed by atoms with Crippen LogP contribution in [0.25, 0.3) is 0 Å². The zero-order valence-electron chi connectivity index (χ0n) is 9.09. The molecule has 0 unspecified atom stereocenters. The summed E-state index contributed by atoms with van der Waals surface area (Å²) in [6.45, 7) is 0. The number of hydrogen-bond donors (Lipinski definition) is 2. The summed E-state index contributed by atoms with van der Waals surface area (Å²) in [7, 11) is 1.81. The Morgan fingerprint density at radius 2 is 1.69 bits per heavy atom. The molecule has 82 valence electrons. The molecule has 3 heteroatoms. The van der Waals surface area contributed by atoms with Crippen molar-refractivity contribution in [1.29, 1.82) is 0 Å². The highest BCUT2D eigenvalue weighted by atomic mass is 16.3. The minimum absolute atomic E-state index is 0.231. The lowest BCUT2D eigenvalue weighted by molar-refractivity contribution is 0.394. The molecular formula is C13H14N2O. The van der Waals surface area contributed by atoms with Crippen LogP contribution in [0.15, 0.2) is 60.0 Å². The maximum absolute atomic E-state index is 10.0. The van der Waals surface area contributed by atoms with Crippen LogP contribution in [0.5, 0.6) is 0 Å². The first kappa shape index (κ1) is 10.4. The standard InChI is InChI=1S/C13H14N2O/c1-15(12-8-6-11(14)7-9-12)13(16)10-4-2-3-5-10/h2-9,16H,14H2,1H3. The molecule has 0 aromatic heterocycles. The number of hydrogen-bond acceptors (Lipinski definition) is 3. The first-order valence-corrected chi connectivity index (χ1v) is 5.06. The minimum Gasteiger partial charge on any atom is -0.494 e. The third kappa shape index (κ3) is 1.93. The highest BCUT2D eigenvalue weighted by Gasteiger charge is 2.09. The Morgan fingerprint density at radius 3 is 2.25 bits per heavy atom. The van der Waals surface area contributed by atoms with Gasteiger partial charge < -0.3 is 15.7 Å². The first-order chi connectivity index (χ1) is 7.68. The van der Waals surface area contributed by atoms with Gasteiger partial charge in [0, 0.05) is 24.0 Å². The first-order valence-electron chi connectivity index (χ1n) is 5.06. The van der Waals surface area contributed by atoms with Crippen molar-refractivity contribution < 1.29 is 5.11 Å². The van der Waals surface area contributed by atoms with Gasteiger partial charge in [0.2, 0.25) is 0 Å². The number of nitrogens with two attached hydrogens (primary N) is 1. The van der Waals surface area contributed by atoms with Crippen molar-refractivity contribution in [1.82, 2.24) is 0 Å². The molecule has 0 fully saturated rings. The van der Waals surface area contributed by atoms with E-state index < -0.39 is 0 Å². The number of rotatable bonds is 2. The third-order valence-electron chi connectivity index (χ3n) is 2.52. The summed E-state index contributed by atoms with van der Waals surface area (Å²) in [6, 6.07) is 7.36. The zero-order valence-corrected chi connectivity index (χ0v) is 9.09. The van der Waals surface area contributed by atoms with Crippen LogP contribution in [0, 0.1) is 0 Å². The second kappa shape index (κ2) is 4.14. The number of allylic oxidation sites excluding steroid dienone is 5. The number of nitrogens with zero attached hydrogens (tertiary/aromatic N) is 1. The fraction of sp³-hybridized carbons (Fsp3) is 0.0769. The number of nitrogen functional groups attached to an aromatic ring is 1. The van der Waals surface area contributed by atoms with Crippen LogP contribution in [0.2, 0.25) is 0 Å². The van der Waals surface area contributed by atoms with E-state index in [0.29, 0.717) is 5.69 Å². The number of aliphatic hydroxyl groups excluding tert-OH is 1. The Labute approximate surface area is 94.8 Å². The molecule has 0 atom stereocenters. The van der Waals surface area contributed by atoms with Gasteiger partial charge in [-0.1, -0.05) is 12.2 Å². The maximum Gasteiger partial charge on any atom is 0.198 e. The predicted molar refractivity (Wildman–Crippen MR) is 67.2 cm³/mol. The van der Waals surface area contributed by atoms with Crippen molar-refractivity contribution >= 4 is 11.4 Å². The van der Waals surface area contributed by atoms with Gasteiger partial charge in [0.15, 0.2) is 5.88 Å². The van der Waals surface area contributed by atoms with Gasteiger partial charge in [-0.05, 0) is 36.4 Å². The molecule has 0 saturated carbocycles. The van der Waals surface area contributed by atoms with Gasteiger partial charge in [0.1, 0.15) is 0 Å². The number of benzene rings is 1. The average Bonchev–Trinajstić information content (AvgIpc) is 2.81. The molecule has 3 nitrogen and oxygen atoms in total. The fourth-order valence-corrected chi connectivity index (χ4v) is 1.54. The Morgan fingerprint density at radius 1 is 1.12 bits per heavy atom. The van der Waals surface area contributed by atoms with Crippen LogP contribution in [-0.2, 0) is 0 Å². The zero-order chi connectivity index (χ0) is 11.5. The van der Waals surface area contributed by atoms with Crippen LogP contribution in [0.1, 0.15) is 0 Å². The second-order valence-electron chi connectivity index (χ2n) is 3.65. The molecule has 2 rings (SSSR count). The SMILES string of the molecule is CN(C(O)=C1C=CC=C1)c1ccc(N)cc1. The fourth-order valence-electron chi connectivity index (χ4n) is 1.54. The second-order valence-corrected chi connectivity index (χ2v) is 3.65. The van der Waals surface area contributed by atoms with Crippen LogP contribution >= 0.6 is 0 Å². The molecule has 0 aliphatic heterocycles. The molecule has 0 amide bonds. The van der Waals surface area contributed by atoms with Gasteiger partial charge in [-0.15, -0.1) is 0 Å². The molecule has 0 heterocycles. The Balaban J connectivity index is 2.28. The molecule has 3 N–H and O–H groups in total. The molecule has 0 spiro atoms. The largest absolute Gasteiger partial charge is 0.494 e. The van der Waals surface area contributed by atoms with Gasteiger partial charge in [-0.2, -0.15) is 0 Å². The van der Waals surface area contributed by atoms with E-state index in [1.54, 1.807) is 4.90 Å². The molecular weight excluding hydrogens is 200 g/mol. The smallest absolute Gasteiger partial charge is 0.198 e. The summed E-state index contributed by atoms with van der Waals surface area (Å²) in [6.07, 6.45) is 7.51. The van der Waals surface area contributed by atoms with Crippen LogP contribution < -0.4 is 10.6 Å². The third-order valence-corrected chi connectivity index (χ3v) is 2.52. The summed E-state index contributed by atoms with van der Waals surface area (Å²) in [5.41, 5.74) is 8.02. The molecule has 1 aliphatic rings. The van der Waals surface area contributed by atoms with E-state index in [9.17, 15) is 5.11 Å². The van der Waals surface area contributed by atoms with Crippen molar-refractivity contribution in [3.05, 3.63) is 60.0 Å². The lowest BCUT2D eigenvalue weighted by Crippen LogP contribution is -2.17. The van der Waals surface area contributed by atoms with Crippen molar-refractivity contribution in [2.75, 3.05) is 17.7 Å². The molecule has 0 saturated heterocycles. The van der Waals surface area contributed by atoms with Gasteiger partial charge >= 0.3 is 0 Å². The van der Waals surface area contributed by atoms with Crippen LogP contribution in [-0.4, -0.2) is 12.2 Å². The average molecular weight is 214 g/mol. The van der Waals surface area contributed by atoms with E-state index in [1.807, 2.05) is 55.6 Å². The monoisotopic (exact) mass is 214 g/mol. The molecule has 0 bridgehead atoms. The normalized spacial score (nSPS) is 13.2. The molecule has 1 aliphatic carbocycles. The molecule has 16 heavy (non-hydrogen) atoms. The summed E-state index contributed by atoms with van der Waals surface area (Å²) in [4.78, 5) is 1.72. The molecule has 1 aromatic rings. The van der Waals surface area contributed by atoms with E-state index in [2.05, 4.69) is 0 Å². The summed E-state index contributed by atoms with van der Waals surface area (Å²) < 4.78 is 0. The van der Waals surface area contributed by atoms with E-state index >= 15 is 0 Å². The summed E-state index contributed by atoms with van der Waals surface area (Å²) >= 11 is 0. The van der Waals surface area contributed by atoms with E-state index in [4.69, 9.17) is 5.73 Å². The Hall–Kier alpha value is -2.16. The van der Waals surface area contributed by atoms with Crippen molar-refractivity contribution in [3.63, 3.8) is 0 Å². The molecule has 0 radical (unpaired) electrons. The Bertz CT molecular complexity index is 455. The van der Waals surface area contributed by atoms with E-state index in [-0.39, 0.29) is 5.88 Å². The van der Waals surface area contributed by atoms with Crippen molar-refractivity contribution in [2.24, 2.45) is 0 Å². The van der Waals surface area contributed by atoms with Gasteiger partial charge in [0.25, 0.3) is 0 Å². The molecule has 1 aromatic carbocycles. The lowest BCUT2D eigenvalue weighted by Gasteiger charge is -2.19. The van der Waals surface area contributed by atoms with Gasteiger partial charge in [-0.25, -0.2) is 0 Å². The van der Waals surface area contributed by atoms with E-state index in [1.165, 1.54) is 0 Å². The van der Waals surface area contributed by atoms with Crippen molar-refractivity contribution in [3.8, 4) is 0 Å². The summed E-state index contributed by atoms with van der Waals surface area (Å²) in [5.74, 6) is 0.231. The van der Waals surface area contributed by atoms with Gasteiger partial charge in [-0.3, -0.25) is 0 Å². The quantitative estimate of drug-likeness (QED) is 0.587. The van der Waals surface area contributed by atoms with Crippen molar-refractivity contribution in [2.45, 2.75) is 0 Å². The van der Waals surface area contributed by atoms with Crippen LogP contribution in [0.3, 0.4) is 0 Å². The highest BCUT2D eigenvalue weighted by molar-refractivity contribution is 5.57. The topological polar surface area (TPSA) is 49.5 Å². The van der Waals surface area contributed by atoms with Crippen LogP contribution in [0.4, 0.5) is 11.4 Å². The highest BCUT2D eigenvalue weighted by Crippen LogP contribution is 2.21. The Kier molecular flexibility index (Phi) is 2.68. The van der Waals surface area contributed by atoms with Gasteiger partial charge in [0.05, 0.1) is 0 Å². The van der Waals surface area contributed by atoms with E-state index in [0.717, 1.165) is 11.3 Å². The number of anilines is 2. The lowest BCUT2D eigenvalue weighted by atomic mass is 10.2.